The van der Waals surface area contributed by atoms with Gasteiger partial charge < -0.3 is 67.4 Å². The molecule has 3 rings (SSSR count). The molecule has 60 heavy (non-hydrogen) atoms. The molecule has 0 fully saturated rings. The minimum Gasteiger partial charge on any atom is -0.394 e. The molecule has 0 unspecified atom stereocenters. The van der Waals surface area contributed by atoms with Crippen LogP contribution in [0.5, 0.6) is 0 Å². The van der Waals surface area contributed by atoms with E-state index in [0.29, 0.717) is 31.4 Å². The Kier molecular flexibility index (Phi) is 21.4. The highest BCUT2D eigenvalue weighted by Crippen LogP contribution is 2.18. The maximum absolute atomic E-state index is 12.9. The Labute approximate surface area is 351 Å². The zero-order chi connectivity index (χ0) is 44.5. The molecule has 3 aromatic rings. The Bertz CT molecular complexity index is 1720. The monoisotopic (exact) mass is 849 g/mol. The number of aliphatic hydroxyl groups is 10. The number of aromatic nitrogens is 2. The van der Waals surface area contributed by atoms with E-state index in [2.05, 4.69) is 40.5 Å². The maximum atomic E-state index is 12.9. The molecule has 0 saturated heterocycles. The summed E-state index contributed by atoms with van der Waals surface area (Å²) >= 11 is 0. The van der Waals surface area contributed by atoms with Gasteiger partial charge in [0.2, 0.25) is 5.91 Å². The molecule has 2 aromatic carbocycles. The molecule has 2 amide bonds. The van der Waals surface area contributed by atoms with Crippen molar-refractivity contribution >= 4 is 22.8 Å². The number of hydrogen-bond donors (Lipinski definition) is 13. The lowest BCUT2D eigenvalue weighted by Crippen LogP contribution is -2.53. The standard InChI is InChI=1S/C42H68N6O12/c1-4-47-26(3)48(5-2)32-21-29(15-17-31(32)47)42(60)45-18-7-6-9-27-10-12-28(13-11-27)14-16-30(41(43)59)44-19-8-20-46(22-33(51)37(55)39(57)35(53)24-49)23-34(52)38(56)40(58)36(54)25-50/h10-13,15,17,21,30,33-40,44,49-58H,4-9,14,16,18-20,22-25H2,1-3H3,(H2-,43,45,59,60)/p+1/t30-,33-,34-,35+,36+,37+,38+,39+,40+/m0/s1. The maximum Gasteiger partial charge on any atom is 0.254 e. The van der Waals surface area contributed by atoms with Crippen LogP contribution in [-0.4, -0.2) is 173 Å². The van der Waals surface area contributed by atoms with Gasteiger partial charge in [-0.05, 0) is 88.7 Å². The number of hydrogen-bond acceptors (Lipinski definition) is 14. The number of carbonyl (C=O) groups is 2. The third-order valence-corrected chi connectivity index (χ3v) is 11.1. The van der Waals surface area contributed by atoms with Gasteiger partial charge in [-0.1, -0.05) is 24.3 Å². The molecule has 0 aliphatic carbocycles. The largest absolute Gasteiger partial charge is 0.394 e. The van der Waals surface area contributed by atoms with Crippen LogP contribution in [0.15, 0.2) is 42.5 Å². The molecule has 0 aliphatic heterocycles. The van der Waals surface area contributed by atoms with Gasteiger partial charge in [-0.25, -0.2) is 9.13 Å². The number of amides is 2. The van der Waals surface area contributed by atoms with Crippen molar-refractivity contribution in [1.29, 1.82) is 0 Å². The Morgan fingerprint density at radius 1 is 0.750 bits per heavy atom. The molecule has 0 aliphatic rings. The third kappa shape index (κ3) is 14.5. The van der Waals surface area contributed by atoms with Crippen LogP contribution in [0.2, 0.25) is 0 Å². The highest BCUT2D eigenvalue weighted by atomic mass is 16.4. The van der Waals surface area contributed by atoms with Gasteiger partial charge in [-0.3, -0.25) is 14.5 Å². The number of benzene rings is 2. The average molecular weight is 850 g/mol. The molecule has 9 atom stereocenters. The van der Waals surface area contributed by atoms with Crippen molar-refractivity contribution in [1.82, 2.24) is 20.1 Å². The van der Waals surface area contributed by atoms with E-state index in [4.69, 9.17) is 15.9 Å². The average Bonchev–Trinajstić information content (AvgIpc) is 3.53. The number of aliphatic hydroxyl groups excluding tert-OH is 10. The Hall–Kier alpha value is -3.63. The van der Waals surface area contributed by atoms with Crippen molar-refractivity contribution in [2.45, 2.75) is 127 Å². The quantitative estimate of drug-likeness (QED) is 0.0245. The molecule has 1 aromatic heterocycles. The molecule has 14 N–H and O–H groups in total. The first kappa shape index (κ1) is 50.7. The summed E-state index contributed by atoms with van der Waals surface area (Å²) in [7, 11) is 0. The molecular formula is C42H69N6O12+. The SMILES string of the molecule is CCn1c(C)[n+](CC)c2ccc(C(=O)NCCCCc3ccc(CC[C@H](NCCCN(C[C@H](O)[C@@H](O)[C@H](O)[C@H](O)CO)C[C@H](O)[C@@H](O)[C@H](O)[C@H](O)CO)C(N)=O)cc3)cc21. The number of unbranched alkanes of at least 4 members (excludes halogenated alkanes) is 1. The normalized spacial score (nSPS) is 16.6. The van der Waals surface area contributed by atoms with Crippen molar-refractivity contribution in [3.8, 4) is 0 Å². The van der Waals surface area contributed by atoms with Crippen LogP contribution in [0, 0.1) is 6.92 Å². The summed E-state index contributed by atoms with van der Waals surface area (Å²) in [6.45, 7) is 6.37. The van der Waals surface area contributed by atoms with Gasteiger partial charge in [0.15, 0.2) is 11.0 Å². The number of rotatable bonds is 29. The number of nitrogens with zero attached hydrogens (tertiary/aromatic N) is 3. The molecule has 18 heteroatoms. The van der Waals surface area contributed by atoms with Gasteiger partial charge in [0.25, 0.3) is 11.7 Å². The summed E-state index contributed by atoms with van der Waals surface area (Å²) in [5.74, 6) is 0.513. The first-order valence-electron chi connectivity index (χ1n) is 20.9. The predicted octanol–water partition coefficient (Wildman–Crippen LogP) is -3.03. The summed E-state index contributed by atoms with van der Waals surface area (Å²) in [5, 5.41) is 106. The van der Waals surface area contributed by atoms with Gasteiger partial charge in [0, 0.05) is 38.2 Å². The van der Waals surface area contributed by atoms with E-state index in [0.717, 1.165) is 60.3 Å². The highest BCUT2D eigenvalue weighted by Gasteiger charge is 2.34. The van der Waals surface area contributed by atoms with Gasteiger partial charge in [0.05, 0.1) is 44.6 Å². The van der Waals surface area contributed by atoms with E-state index in [1.807, 2.05) is 42.5 Å². The smallest absolute Gasteiger partial charge is 0.254 e. The second-order valence-corrected chi connectivity index (χ2v) is 15.4. The van der Waals surface area contributed by atoms with Crippen LogP contribution in [-0.2, 0) is 30.7 Å². The number of carbonyl (C=O) groups excluding carboxylic acids is 2. The fourth-order valence-electron chi connectivity index (χ4n) is 7.40. The summed E-state index contributed by atoms with van der Waals surface area (Å²) in [6, 6.07) is 13.3. The first-order chi connectivity index (χ1) is 28.6. The second-order valence-electron chi connectivity index (χ2n) is 15.4. The molecule has 338 valence electrons. The third-order valence-electron chi connectivity index (χ3n) is 11.1. The predicted molar refractivity (Wildman–Crippen MR) is 223 cm³/mol. The van der Waals surface area contributed by atoms with Gasteiger partial charge >= 0.3 is 0 Å². The van der Waals surface area contributed by atoms with E-state index in [9.17, 15) is 50.4 Å². The summed E-state index contributed by atoms with van der Waals surface area (Å²) in [5.41, 5.74) is 10.7. The minimum atomic E-state index is -1.89. The number of primary amides is 1. The van der Waals surface area contributed by atoms with Crippen LogP contribution in [0.1, 0.15) is 66.8 Å². The van der Waals surface area contributed by atoms with E-state index >= 15 is 0 Å². The molecule has 0 radical (unpaired) electrons. The fraction of sp³-hybridized carbons (Fsp3) is 0.643. The van der Waals surface area contributed by atoms with Crippen LogP contribution < -0.4 is 20.9 Å². The van der Waals surface area contributed by atoms with Gasteiger partial charge in [0.1, 0.15) is 36.6 Å². The molecular weight excluding hydrogens is 780 g/mol. The lowest BCUT2D eigenvalue weighted by molar-refractivity contribution is -0.674. The van der Waals surface area contributed by atoms with Crippen molar-refractivity contribution < 1.29 is 65.2 Å². The van der Waals surface area contributed by atoms with Crippen LogP contribution >= 0.6 is 0 Å². The Morgan fingerprint density at radius 3 is 1.82 bits per heavy atom. The van der Waals surface area contributed by atoms with Gasteiger partial charge in [-0.2, -0.15) is 0 Å². The van der Waals surface area contributed by atoms with Crippen molar-refractivity contribution in [3.05, 3.63) is 65.0 Å². The molecule has 18 nitrogen and oxygen atoms in total. The molecule has 0 spiro atoms. The van der Waals surface area contributed by atoms with E-state index in [-0.39, 0.29) is 19.0 Å². The summed E-state index contributed by atoms with van der Waals surface area (Å²) < 4.78 is 4.47. The number of nitrogens with two attached hydrogens (primary N) is 1. The zero-order valence-corrected chi connectivity index (χ0v) is 35.1. The number of fused-ring (bicyclic) bond motifs is 1. The van der Waals surface area contributed by atoms with E-state index < -0.39 is 87.1 Å². The lowest BCUT2D eigenvalue weighted by Gasteiger charge is -2.33. The van der Waals surface area contributed by atoms with Crippen molar-refractivity contribution in [3.63, 3.8) is 0 Å². The molecule has 1 heterocycles. The summed E-state index contributed by atoms with van der Waals surface area (Å²) in [6.07, 6.45) is -10.6. The van der Waals surface area contributed by atoms with Crippen molar-refractivity contribution in [2.24, 2.45) is 5.73 Å². The summed E-state index contributed by atoms with van der Waals surface area (Å²) in [4.78, 5) is 26.6. The van der Waals surface area contributed by atoms with Crippen LogP contribution in [0.25, 0.3) is 11.0 Å². The minimum absolute atomic E-state index is 0.0901. The molecule has 0 bridgehead atoms. The van der Waals surface area contributed by atoms with E-state index in [1.165, 1.54) is 4.90 Å². The highest BCUT2D eigenvalue weighted by molar-refractivity contribution is 5.97. The second kappa shape index (κ2) is 25.3. The van der Waals surface area contributed by atoms with E-state index in [1.54, 1.807) is 0 Å². The van der Waals surface area contributed by atoms with Crippen LogP contribution in [0.3, 0.4) is 0 Å². The Morgan fingerprint density at radius 2 is 1.30 bits per heavy atom. The first-order valence-corrected chi connectivity index (χ1v) is 20.9. The molecule has 0 saturated carbocycles. The van der Waals surface area contributed by atoms with Crippen molar-refractivity contribution in [2.75, 3.05) is 45.9 Å². The lowest BCUT2D eigenvalue weighted by atomic mass is 10.0. The van der Waals surface area contributed by atoms with Gasteiger partial charge in [-0.15, -0.1) is 0 Å². The number of nitrogens with one attached hydrogen (secondary N) is 2. The zero-order valence-electron chi connectivity index (χ0n) is 35.1. The van der Waals surface area contributed by atoms with Crippen LogP contribution in [0.4, 0.5) is 0 Å². The fourth-order valence-corrected chi connectivity index (χ4v) is 7.40. The Balaban J connectivity index is 1.46. The topological polar surface area (TPSA) is 299 Å². The number of imidazole rings is 1. The number of aryl methyl sites for hydroxylation is 4.